The van der Waals surface area contributed by atoms with E-state index in [0.29, 0.717) is 0 Å². The number of aliphatic hydroxyl groups is 1. The van der Waals surface area contributed by atoms with Crippen LogP contribution in [0.1, 0.15) is 46.0 Å². The third kappa shape index (κ3) is 15.0. The van der Waals surface area contributed by atoms with Crippen LogP contribution in [-0.4, -0.2) is 68.6 Å². The molecular formula is C20H35N3O12Si-4. The van der Waals surface area contributed by atoms with Crippen LogP contribution in [0.3, 0.4) is 0 Å². The smallest absolute Gasteiger partial charge is 0.306 e. The number of amides is 3. The fourth-order valence-electron chi connectivity index (χ4n) is 3.35. The molecule has 0 aromatic rings. The number of carbonyl (C=O) groups excluding carboxylic acids is 3. The van der Waals surface area contributed by atoms with Crippen molar-refractivity contribution in [2.24, 2.45) is 29.4 Å². The summed E-state index contributed by atoms with van der Waals surface area (Å²) in [6.45, 7) is 2.36. The molecule has 0 aliphatic heterocycles. The summed E-state index contributed by atoms with van der Waals surface area (Å²) in [6, 6.07) is -0.544. The topological polar surface area (TPSA) is 270 Å². The number of hydrogen-bond acceptors (Lipinski definition) is 11. The highest BCUT2D eigenvalue weighted by atomic mass is 28.4. The second kappa shape index (κ2) is 17.3. The van der Waals surface area contributed by atoms with Gasteiger partial charge in [-0.2, -0.15) is 0 Å². The van der Waals surface area contributed by atoms with Gasteiger partial charge in [-0.05, 0) is 32.1 Å². The van der Waals surface area contributed by atoms with Gasteiger partial charge in [0.25, 0.3) is 0 Å². The summed E-state index contributed by atoms with van der Waals surface area (Å²) in [5.74, 6) is -7.50. The number of hydroxylamine groups is 2. The maximum absolute atomic E-state index is 12.3. The van der Waals surface area contributed by atoms with Crippen LogP contribution in [0, 0.1) is 28.9 Å². The first-order valence-corrected chi connectivity index (χ1v) is 13.4. The zero-order valence-corrected chi connectivity index (χ0v) is 21.3. The first-order valence-electron chi connectivity index (χ1n) is 11.4. The Labute approximate surface area is 209 Å². The Morgan fingerprint density at radius 3 is 2.11 bits per heavy atom. The van der Waals surface area contributed by atoms with Crippen LogP contribution in [0.5, 0.6) is 0 Å². The fraction of sp³-hybridized carbons (Fsp3) is 0.800. The Bertz CT molecular complexity index is 706. The molecule has 0 aromatic carbocycles. The zero-order valence-electron chi connectivity index (χ0n) is 20.3. The molecule has 0 aliphatic rings. The van der Waals surface area contributed by atoms with Gasteiger partial charge in [0.2, 0.25) is 17.7 Å². The summed E-state index contributed by atoms with van der Waals surface area (Å²) in [5.41, 5.74) is 8.67. The van der Waals surface area contributed by atoms with Gasteiger partial charge >= 0.3 is 5.97 Å². The minimum atomic E-state index is -4.88. The molecule has 0 saturated heterocycles. The van der Waals surface area contributed by atoms with E-state index in [1.54, 1.807) is 6.92 Å². The van der Waals surface area contributed by atoms with Gasteiger partial charge < -0.3 is 45.8 Å². The van der Waals surface area contributed by atoms with Gasteiger partial charge in [0.05, 0.1) is 12.5 Å². The lowest BCUT2D eigenvalue weighted by molar-refractivity contribution is -0.506. The van der Waals surface area contributed by atoms with Gasteiger partial charge in [0, 0.05) is 24.4 Å². The Kier molecular flexibility index (Phi) is 16.3. The molecule has 0 spiro atoms. The SMILES string of the molecule is CCC(CC(CC(CC(C)C(=O)NOCC(O)COCCC[Si]([O-])([O-])[O-])C(=O)N[O-])C(N)=O)C(=O)O. The first kappa shape index (κ1) is 33.8. The van der Waals surface area contributed by atoms with Crippen molar-refractivity contribution >= 4 is 32.5 Å². The summed E-state index contributed by atoms with van der Waals surface area (Å²) in [7, 11) is -4.88. The summed E-state index contributed by atoms with van der Waals surface area (Å²) in [5, 5.41) is 29.9. The average molecular weight is 538 g/mol. The highest BCUT2D eigenvalue weighted by Gasteiger charge is 2.31. The predicted molar refractivity (Wildman–Crippen MR) is 118 cm³/mol. The molecule has 3 amide bonds. The van der Waals surface area contributed by atoms with Crippen LogP contribution in [0.2, 0.25) is 6.04 Å². The largest absolute Gasteiger partial charge is 0.881 e. The number of carbonyl (C=O) groups is 4. The minimum absolute atomic E-state index is 0.0192. The Morgan fingerprint density at radius 1 is 1.00 bits per heavy atom. The number of nitrogens with two attached hydrogens (primary N) is 1. The number of carboxylic acid groups (broad SMARTS) is 1. The highest BCUT2D eigenvalue weighted by Crippen LogP contribution is 2.26. The number of carboxylic acids is 1. The number of nitrogens with one attached hydrogen (secondary N) is 2. The van der Waals surface area contributed by atoms with Crippen LogP contribution in [0.15, 0.2) is 0 Å². The molecule has 5 atom stereocenters. The fourth-order valence-corrected chi connectivity index (χ4v) is 3.93. The molecule has 0 heterocycles. The second-order valence-electron chi connectivity index (χ2n) is 8.61. The molecule has 5 unspecified atom stereocenters. The Hall–Kier alpha value is -2.18. The van der Waals surface area contributed by atoms with Crippen LogP contribution in [0.4, 0.5) is 0 Å². The van der Waals surface area contributed by atoms with Crippen molar-refractivity contribution < 1.29 is 53.4 Å². The second-order valence-corrected chi connectivity index (χ2v) is 10.5. The highest BCUT2D eigenvalue weighted by molar-refractivity contribution is 6.50. The van der Waals surface area contributed by atoms with E-state index in [1.165, 1.54) is 12.4 Å². The number of primary amides is 1. The van der Waals surface area contributed by atoms with Gasteiger partial charge in [-0.25, -0.2) is 5.48 Å². The van der Waals surface area contributed by atoms with Crippen LogP contribution in [-0.2, 0) is 28.8 Å². The molecule has 0 aliphatic carbocycles. The molecule has 36 heavy (non-hydrogen) atoms. The molecule has 210 valence electrons. The third-order valence-corrected chi connectivity index (χ3v) is 6.44. The summed E-state index contributed by atoms with van der Waals surface area (Å²) >= 11 is 0. The minimum Gasteiger partial charge on any atom is -0.881 e. The van der Waals surface area contributed by atoms with Crippen molar-refractivity contribution in [3.05, 3.63) is 5.21 Å². The van der Waals surface area contributed by atoms with Gasteiger partial charge in [-0.15, -0.1) is 6.04 Å². The van der Waals surface area contributed by atoms with Crippen LogP contribution in [0.25, 0.3) is 0 Å². The molecule has 0 rings (SSSR count). The van der Waals surface area contributed by atoms with Gasteiger partial charge in [-0.1, -0.05) is 13.8 Å². The molecular weight excluding hydrogens is 502 g/mol. The maximum Gasteiger partial charge on any atom is 0.306 e. The maximum atomic E-state index is 12.3. The van der Waals surface area contributed by atoms with Crippen molar-refractivity contribution in [3.8, 4) is 0 Å². The van der Waals surface area contributed by atoms with Crippen molar-refractivity contribution in [3.63, 3.8) is 0 Å². The quantitative estimate of drug-likeness (QED) is 0.0566. The van der Waals surface area contributed by atoms with E-state index in [1.807, 2.05) is 0 Å². The van der Waals surface area contributed by atoms with Gasteiger partial charge in [0.1, 0.15) is 12.7 Å². The van der Waals surface area contributed by atoms with Crippen molar-refractivity contribution in [1.82, 2.24) is 11.0 Å². The van der Waals surface area contributed by atoms with Crippen molar-refractivity contribution in [2.45, 2.75) is 58.1 Å². The van der Waals surface area contributed by atoms with Crippen molar-refractivity contribution in [2.75, 3.05) is 19.8 Å². The summed E-state index contributed by atoms with van der Waals surface area (Å²) < 4.78 is 5.01. The number of aliphatic carboxylic acids is 1. The molecule has 0 fully saturated rings. The Morgan fingerprint density at radius 2 is 1.61 bits per heavy atom. The standard InChI is InChI=1S/C20H35N3O12Si/c1-3-13(20(28)29)8-14(17(21)25)9-15(19(27)22-30)7-12(2)18(26)23-35-11-16(24)10-34-5-4-6-36(31,32)33/h12-16,24H,3-11H2,1-2H3,(H5-,21,22,23,25,26,27,28,29,30)/q-4. The molecule has 6 N–H and O–H groups in total. The van der Waals surface area contributed by atoms with E-state index in [4.69, 9.17) is 15.3 Å². The number of aliphatic hydroxyl groups excluding tert-OH is 1. The lowest BCUT2D eigenvalue weighted by atomic mass is 9.82. The van der Waals surface area contributed by atoms with Gasteiger partial charge in [0.15, 0.2) is 0 Å². The Balaban J connectivity index is 4.70. The first-order chi connectivity index (χ1) is 16.7. The number of hydrogen-bond donors (Lipinski definition) is 5. The number of ether oxygens (including phenoxy) is 1. The third-order valence-electron chi connectivity index (χ3n) is 5.47. The van der Waals surface area contributed by atoms with E-state index < -0.39 is 68.3 Å². The lowest BCUT2D eigenvalue weighted by Gasteiger charge is -2.57. The molecule has 0 aromatic heterocycles. The molecule has 15 nitrogen and oxygen atoms in total. The molecule has 0 bridgehead atoms. The summed E-state index contributed by atoms with van der Waals surface area (Å²) in [4.78, 5) is 84.0. The molecule has 0 radical (unpaired) electrons. The van der Waals surface area contributed by atoms with Crippen LogP contribution < -0.4 is 31.1 Å². The normalized spacial score (nSPS) is 15.9. The lowest BCUT2D eigenvalue weighted by Crippen LogP contribution is -2.73. The van der Waals surface area contributed by atoms with Crippen LogP contribution >= 0.6 is 0 Å². The zero-order chi connectivity index (χ0) is 27.9. The van der Waals surface area contributed by atoms with E-state index in [0.717, 1.165) is 0 Å². The molecule has 16 heteroatoms. The van der Waals surface area contributed by atoms with E-state index >= 15 is 0 Å². The van der Waals surface area contributed by atoms with E-state index in [9.17, 15) is 49.0 Å². The average Bonchev–Trinajstić information content (AvgIpc) is 2.78. The van der Waals surface area contributed by atoms with E-state index in [-0.39, 0.29) is 51.9 Å². The van der Waals surface area contributed by atoms with Crippen molar-refractivity contribution in [1.29, 1.82) is 0 Å². The predicted octanol–water partition coefficient (Wildman–Crippen LogP) is -3.93. The summed E-state index contributed by atoms with van der Waals surface area (Å²) in [6.07, 6.45) is -1.49. The monoisotopic (exact) mass is 537 g/mol. The van der Waals surface area contributed by atoms with E-state index in [2.05, 4.69) is 5.48 Å². The van der Waals surface area contributed by atoms with Gasteiger partial charge in [-0.3, -0.25) is 32.8 Å². The molecule has 0 saturated carbocycles. The number of rotatable bonds is 20.